The van der Waals surface area contributed by atoms with Gasteiger partial charge in [0.25, 0.3) is 0 Å². The summed E-state index contributed by atoms with van der Waals surface area (Å²) < 4.78 is 5.70. The van der Waals surface area contributed by atoms with Crippen LogP contribution in [0.15, 0.2) is 42.6 Å². The van der Waals surface area contributed by atoms with Crippen LogP contribution in [-0.4, -0.2) is 59.6 Å². The van der Waals surface area contributed by atoms with Crippen molar-refractivity contribution in [1.29, 1.82) is 0 Å². The number of nitrogens with one attached hydrogen (secondary N) is 2. The lowest BCUT2D eigenvalue weighted by molar-refractivity contribution is -0.120. The number of amides is 4. The zero-order valence-corrected chi connectivity index (χ0v) is 19.8. The van der Waals surface area contributed by atoms with E-state index in [0.29, 0.717) is 54.8 Å². The summed E-state index contributed by atoms with van der Waals surface area (Å²) in [5, 5.41) is 6.17. The van der Waals surface area contributed by atoms with Crippen molar-refractivity contribution in [3.05, 3.63) is 47.6 Å². The maximum absolute atomic E-state index is 13.1. The predicted molar refractivity (Wildman–Crippen MR) is 130 cm³/mol. The van der Waals surface area contributed by atoms with Crippen molar-refractivity contribution in [2.75, 3.05) is 35.2 Å². The first-order valence-electron chi connectivity index (χ1n) is 11.5. The number of benzene rings is 1. The summed E-state index contributed by atoms with van der Waals surface area (Å²) in [4.78, 5) is 45.7. The van der Waals surface area contributed by atoms with Gasteiger partial charge in [0.1, 0.15) is 11.9 Å². The van der Waals surface area contributed by atoms with Crippen LogP contribution in [0.5, 0.6) is 0 Å². The van der Waals surface area contributed by atoms with E-state index in [2.05, 4.69) is 15.6 Å². The van der Waals surface area contributed by atoms with Crippen molar-refractivity contribution in [3.8, 4) is 0 Å². The van der Waals surface area contributed by atoms with Crippen LogP contribution >= 0.6 is 11.6 Å². The monoisotopic (exact) mass is 485 g/mol. The normalized spacial score (nSPS) is 20.4. The van der Waals surface area contributed by atoms with E-state index in [1.54, 1.807) is 47.5 Å². The molecule has 2 N–H and O–H groups in total. The first kappa shape index (κ1) is 24.0. The fourth-order valence-corrected chi connectivity index (χ4v) is 4.39. The van der Waals surface area contributed by atoms with E-state index >= 15 is 0 Å². The van der Waals surface area contributed by atoms with E-state index in [9.17, 15) is 14.4 Å². The van der Waals surface area contributed by atoms with Gasteiger partial charge in [0.15, 0.2) is 0 Å². The number of carbonyl (C=O) groups excluding carboxylic acids is 3. The molecule has 0 spiro atoms. The van der Waals surface area contributed by atoms with Crippen LogP contribution in [0.1, 0.15) is 32.6 Å². The van der Waals surface area contributed by atoms with Gasteiger partial charge in [-0.2, -0.15) is 0 Å². The molecule has 4 rings (SSSR count). The van der Waals surface area contributed by atoms with Crippen molar-refractivity contribution in [2.24, 2.45) is 0 Å². The second-order valence-electron chi connectivity index (χ2n) is 8.31. The highest BCUT2D eigenvalue weighted by Crippen LogP contribution is 2.25. The van der Waals surface area contributed by atoms with Gasteiger partial charge < -0.3 is 25.2 Å². The number of hydrogen-bond acceptors (Lipinski definition) is 5. The molecular formula is C24H28ClN5O4. The van der Waals surface area contributed by atoms with E-state index in [1.807, 2.05) is 6.92 Å². The Labute approximate surface area is 203 Å². The molecule has 0 radical (unpaired) electrons. The molecule has 0 bridgehead atoms. The number of ether oxygens (including phenoxy) is 1. The Morgan fingerprint density at radius 2 is 1.94 bits per heavy atom. The van der Waals surface area contributed by atoms with Crippen LogP contribution in [-0.2, 0) is 14.3 Å². The molecule has 2 saturated heterocycles. The van der Waals surface area contributed by atoms with Crippen LogP contribution in [0.2, 0.25) is 5.02 Å². The van der Waals surface area contributed by atoms with Gasteiger partial charge in [-0.25, -0.2) is 9.78 Å². The fourth-order valence-electron chi connectivity index (χ4n) is 4.26. The Bertz CT molecular complexity index is 1030. The van der Waals surface area contributed by atoms with Crippen LogP contribution in [0.3, 0.4) is 0 Å². The Morgan fingerprint density at radius 1 is 1.15 bits per heavy atom. The quantitative estimate of drug-likeness (QED) is 0.645. The average Bonchev–Trinajstić information content (AvgIpc) is 3.26. The Balaban J connectivity index is 1.43. The number of rotatable bonds is 6. The third kappa shape index (κ3) is 5.66. The minimum atomic E-state index is -0.714. The maximum Gasteiger partial charge on any atom is 0.322 e. The number of urea groups is 1. The maximum atomic E-state index is 13.1. The smallest absolute Gasteiger partial charge is 0.322 e. The SMILES string of the molecule is CCOC1CC(C(=O)Nc2ccc(N3CCCCC3=O)cn2)N(C(=O)Nc2ccc(Cl)cc2)C1. The molecule has 9 nitrogen and oxygen atoms in total. The molecule has 2 fully saturated rings. The molecule has 180 valence electrons. The topological polar surface area (TPSA) is 104 Å². The predicted octanol–water partition coefficient (Wildman–Crippen LogP) is 3.90. The van der Waals surface area contributed by atoms with Gasteiger partial charge in [0.2, 0.25) is 11.8 Å². The molecule has 2 aromatic rings. The zero-order valence-electron chi connectivity index (χ0n) is 19.0. The molecular weight excluding hydrogens is 458 g/mol. The number of anilines is 3. The molecule has 2 aliphatic heterocycles. The molecule has 1 aromatic carbocycles. The highest BCUT2D eigenvalue weighted by atomic mass is 35.5. The molecule has 3 heterocycles. The third-order valence-electron chi connectivity index (χ3n) is 5.96. The van der Waals surface area contributed by atoms with Gasteiger partial charge in [-0.15, -0.1) is 0 Å². The van der Waals surface area contributed by atoms with Gasteiger partial charge in [0, 0.05) is 43.2 Å². The van der Waals surface area contributed by atoms with E-state index in [4.69, 9.17) is 16.3 Å². The third-order valence-corrected chi connectivity index (χ3v) is 6.21. The van der Waals surface area contributed by atoms with Gasteiger partial charge in [-0.3, -0.25) is 9.59 Å². The largest absolute Gasteiger partial charge is 0.377 e. The number of aromatic nitrogens is 1. The molecule has 2 aliphatic rings. The number of nitrogens with zero attached hydrogens (tertiary/aromatic N) is 3. The zero-order chi connectivity index (χ0) is 24.1. The Morgan fingerprint density at radius 3 is 2.62 bits per heavy atom. The van der Waals surface area contributed by atoms with Crippen molar-refractivity contribution in [1.82, 2.24) is 9.88 Å². The van der Waals surface area contributed by atoms with Crippen LogP contribution in [0.25, 0.3) is 0 Å². The first-order chi connectivity index (χ1) is 16.4. The lowest BCUT2D eigenvalue weighted by Crippen LogP contribution is -2.45. The highest BCUT2D eigenvalue weighted by Gasteiger charge is 2.40. The van der Waals surface area contributed by atoms with Gasteiger partial charge in [0.05, 0.1) is 18.0 Å². The average molecular weight is 486 g/mol. The van der Waals surface area contributed by atoms with Gasteiger partial charge >= 0.3 is 6.03 Å². The summed E-state index contributed by atoms with van der Waals surface area (Å²) in [6, 6.07) is 9.10. The molecule has 34 heavy (non-hydrogen) atoms. The lowest BCUT2D eigenvalue weighted by Gasteiger charge is -2.26. The summed E-state index contributed by atoms with van der Waals surface area (Å²) in [5.74, 6) is 0.0963. The fraction of sp³-hybridized carbons (Fsp3) is 0.417. The van der Waals surface area contributed by atoms with E-state index < -0.39 is 12.1 Å². The second kappa shape index (κ2) is 10.8. The van der Waals surface area contributed by atoms with Crippen molar-refractivity contribution >= 4 is 46.6 Å². The number of hydrogen-bond donors (Lipinski definition) is 2. The molecule has 0 saturated carbocycles. The molecule has 10 heteroatoms. The standard InChI is InChI=1S/C24H28ClN5O4/c1-2-34-19-13-20(30(15-19)24(33)27-17-8-6-16(25)7-9-17)23(32)28-21-11-10-18(14-26-21)29-12-4-3-5-22(29)31/h6-11,14,19-20H,2-5,12-13,15H2,1H3,(H,27,33)(H,26,28,32). The summed E-state index contributed by atoms with van der Waals surface area (Å²) in [7, 11) is 0. The molecule has 1 aromatic heterocycles. The van der Waals surface area contributed by atoms with Crippen LogP contribution in [0, 0.1) is 0 Å². The first-order valence-corrected chi connectivity index (χ1v) is 11.8. The van der Waals surface area contributed by atoms with Crippen molar-refractivity contribution in [2.45, 2.75) is 44.8 Å². The lowest BCUT2D eigenvalue weighted by atomic mass is 10.1. The minimum absolute atomic E-state index is 0.0834. The number of pyridine rings is 1. The van der Waals surface area contributed by atoms with Crippen LogP contribution in [0.4, 0.5) is 22.0 Å². The Kier molecular flexibility index (Phi) is 7.64. The van der Waals surface area contributed by atoms with Crippen LogP contribution < -0.4 is 15.5 Å². The summed E-state index contributed by atoms with van der Waals surface area (Å²) in [5.41, 5.74) is 1.29. The summed E-state index contributed by atoms with van der Waals surface area (Å²) in [6.45, 7) is 3.34. The van der Waals surface area contributed by atoms with Crippen molar-refractivity contribution < 1.29 is 19.1 Å². The highest BCUT2D eigenvalue weighted by molar-refractivity contribution is 6.30. The van der Waals surface area contributed by atoms with E-state index in [-0.39, 0.29) is 17.9 Å². The summed E-state index contributed by atoms with van der Waals surface area (Å²) in [6.07, 6.45) is 4.13. The second-order valence-corrected chi connectivity index (χ2v) is 8.75. The Hall–Kier alpha value is -3.17. The van der Waals surface area contributed by atoms with E-state index in [1.165, 1.54) is 4.90 Å². The van der Waals surface area contributed by atoms with Gasteiger partial charge in [-0.05, 0) is 56.2 Å². The molecule has 0 aliphatic carbocycles. The molecule has 2 atom stereocenters. The van der Waals surface area contributed by atoms with E-state index in [0.717, 1.165) is 12.8 Å². The summed E-state index contributed by atoms with van der Waals surface area (Å²) >= 11 is 5.91. The number of likely N-dealkylation sites (tertiary alicyclic amines) is 1. The molecule has 4 amide bonds. The number of carbonyl (C=O) groups is 3. The minimum Gasteiger partial charge on any atom is -0.377 e. The number of halogens is 1. The number of piperidine rings is 1. The molecule has 2 unspecified atom stereocenters. The van der Waals surface area contributed by atoms with Gasteiger partial charge in [-0.1, -0.05) is 11.6 Å². The van der Waals surface area contributed by atoms with Crippen molar-refractivity contribution in [3.63, 3.8) is 0 Å².